The smallest absolute Gasteiger partial charge is 0.321 e. The first-order valence-corrected chi connectivity index (χ1v) is 9.10. The predicted molar refractivity (Wildman–Crippen MR) is 91.5 cm³/mol. The molecule has 1 heterocycles. The number of hydrogen-bond donors (Lipinski definition) is 0. The summed E-state index contributed by atoms with van der Waals surface area (Å²) in [5.41, 5.74) is 0.670. The van der Waals surface area contributed by atoms with Crippen molar-refractivity contribution >= 4 is 16.0 Å². The summed E-state index contributed by atoms with van der Waals surface area (Å²) in [5, 5.41) is 0. The molecule has 2 rings (SSSR count). The number of carbonyl (C=O) groups excluding carboxylic acids is 1. The van der Waals surface area contributed by atoms with E-state index in [2.05, 4.69) is 4.98 Å². The van der Waals surface area contributed by atoms with Gasteiger partial charge in [-0.1, -0.05) is 6.07 Å². The van der Waals surface area contributed by atoms with Crippen LogP contribution in [0.3, 0.4) is 0 Å². The predicted octanol–water partition coefficient (Wildman–Crippen LogP) is 1.84. The van der Waals surface area contributed by atoms with Gasteiger partial charge in [-0.2, -0.15) is 4.31 Å². The van der Waals surface area contributed by atoms with E-state index in [1.165, 1.54) is 19.2 Å². The molecule has 0 fully saturated rings. The van der Waals surface area contributed by atoms with Crippen molar-refractivity contribution in [3.63, 3.8) is 0 Å². The molecular weight excluding hydrogens is 344 g/mol. The van der Waals surface area contributed by atoms with E-state index >= 15 is 0 Å². The zero-order valence-corrected chi connectivity index (χ0v) is 14.9. The molecule has 134 valence electrons. The van der Waals surface area contributed by atoms with E-state index in [1.54, 1.807) is 43.6 Å². The van der Waals surface area contributed by atoms with Gasteiger partial charge in [-0.3, -0.25) is 9.78 Å². The van der Waals surface area contributed by atoms with Gasteiger partial charge in [0.15, 0.2) is 0 Å². The summed E-state index contributed by atoms with van der Waals surface area (Å²) >= 11 is 0. The third-order valence-electron chi connectivity index (χ3n) is 3.39. The van der Waals surface area contributed by atoms with Crippen molar-refractivity contribution in [2.45, 2.75) is 18.4 Å². The topological polar surface area (TPSA) is 85.8 Å². The standard InChI is InChI=1S/C17H20N2O5S/c1-3-24-17(20)13-19(12-14-5-4-10-18-11-14)25(21,22)16-8-6-15(23-2)7-9-16/h4-11H,3,12-13H2,1-2H3. The van der Waals surface area contributed by atoms with Gasteiger partial charge in [-0.25, -0.2) is 8.42 Å². The molecule has 1 aromatic carbocycles. The van der Waals surface area contributed by atoms with Crippen LogP contribution in [0.5, 0.6) is 5.75 Å². The normalized spacial score (nSPS) is 11.3. The molecule has 0 aliphatic rings. The van der Waals surface area contributed by atoms with Gasteiger partial charge in [-0.15, -0.1) is 0 Å². The number of carbonyl (C=O) groups is 1. The molecule has 0 atom stereocenters. The van der Waals surface area contributed by atoms with Gasteiger partial charge >= 0.3 is 5.97 Å². The fourth-order valence-corrected chi connectivity index (χ4v) is 3.54. The van der Waals surface area contributed by atoms with Crippen LogP contribution < -0.4 is 4.74 Å². The van der Waals surface area contributed by atoms with Gasteiger partial charge < -0.3 is 9.47 Å². The molecule has 7 nitrogen and oxygen atoms in total. The molecular formula is C17H20N2O5S. The lowest BCUT2D eigenvalue weighted by Crippen LogP contribution is -2.36. The first-order valence-electron chi connectivity index (χ1n) is 7.66. The summed E-state index contributed by atoms with van der Waals surface area (Å²) in [6, 6.07) is 9.44. The van der Waals surface area contributed by atoms with Crippen LogP contribution in [-0.4, -0.2) is 43.9 Å². The highest BCUT2D eigenvalue weighted by molar-refractivity contribution is 7.89. The highest BCUT2D eigenvalue weighted by Crippen LogP contribution is 2.21. The molecule has 0 N–H and O–H groups in total. The number of hydrogen-bond acceptors (Lipinski definition) is 6. The van der Waals surface area contributed by atoms with Crippen LogP contribution in [0.25, 0.3) is 0 Å². The van der Waals surface area contributed by atoms with Crippen molar-refractivity contribution in [1.82, 2.24) is 9.29 Å². The average Bonchev–Trinajstić information content (AvgIpc) is 2.62. The maximum Gasteiger partial charge on any atom is 0.321 e. The molecule has 2 aromatic rings. The number of rotatable bonds is 8. The van der Waals surface area contributed by atoms with E-state index in [1.807, 2.05) is 0 Å². The minimum absolute atomic E-state index is 0.0149. The summed E-state index contributed by atoms with van der Waals surface area (Å²) in [6.45, 7) is 1.49. The molecule has 0 spiro atoms. The van der Waals surface area contributed by atoms with Gasteiger partial charge in [0, 0.05) is 18.9 Å². The molecule has 25 heavy (non-hydrogen) atoms. The summed E-state index contributed by atoms with van der Waals surface area (Å²) in [4.78, 5) is 15.9. The van der Waals surface area contributed by atoms with E-state index in [4.69, 9.17) is 9.47 Å². The minimum Gasteiger partial charge on any atom is -0.497 e. The summed E-state index contributed by atoms with van der Waals surface area (Å²) in [6.07, 6.45) is 3.15. The highest BCUT2D eigenvalue weighted by atomic mass is 32.2. The Kier molecular flexibility index (Phi) is 6.49. The quantitative estimate of drug-likeness (QED) is 0.665. The first-order chi connectivity index (χ1) is 12.0. The molecule has 0 radical (unpaired) electrons. The maximum atomic E-state index is 12.9. The number of sulfonamides is 1. The second-order valence-electron chi connectivity index (χ2n) is 5.11. The van der Waals surface area contributed by atoms with Gasteiger partial charge in [-0.05, 0) is 42.8 Å². The third kappa shape index (κ3) is 5.01. The Morgan fingerprint density at radius 2 is 1.92 bits per heavy atom. The van der Waals surface area contributed by atoms with Crippen LogP contribution in [0.4, 0.5) is 0 Å². The van der Waals surface area contributed by atoms with Crippen LogP contribution in [0.2, 0.25) is 0 Å². The van der Waals surface area contributed by atoms with E-state index in [9.17, 15) is 13.2 Å². The zero-order chi connectivity index (χ0) is 18.3. The molecule has 0 bridgehead atoms. The minimum atomic E-state index is -3.89. The molecule has 0 saturated heterocycles. The Labute approximate surface area is 147 Å². The van der Waals surface area contributed by atoms with Crippen molar-refractivity contribution in [2.75, 3.05) is 20.3 Å². The number of benzene rings is 1. The van der Waals surface area contributed by atoms with Crippen molar-refractivity contribution in [3.05, 3.63) is 54.4 Å². The Morgan fingerprint density at radius 3 is 2.48 bits per heavy atom. The van der Waals surface area contributed by atoms with Crippen LogP contribution >= 0.6 is 0 Å². The molecule has 1 aromatic heterocycles. The largest absolute Gasteiger partial charge is 0.497 e. The summed E-state index contributed by atoms with van der Waals surface area (Å²) < 4.78 is 36.9. The Balaban J connectivity index is 2.32. The van der Waals surface area contributed by atoms with E-state index in [0.29, 0.717) is 11.3 Å². The average molecular weight is 364 g/mol. The van der Waals surface area contributed by atoms with Crippen LogP contribution in [0.15, 0.2) is 53.7 Å². The second-order valence-corrected chi connectivity index (χ2v) is 7.05. The van der Waals surface area contributed by atoms with Crippen molar-refractivity contribution in [1.29, 1.82) is 0 Å². The molecule has 0 unspecified atom stereocenters. The lowest BCUT2D eigenvalue weighted by molar-refractivity contribution is -0.143. The first kappa shape index (κ1) is 18.9. The van der Waals surface area contributed by atoms with E-state index in [0.717, 1.165) is 4.31 Å². The number of ether oxygens (including phenoxy) is 2. The van der Waals surface area contributed by atoms with Crippen molar-refractivity contribution < 1.29 is 22.7 Å². The number of pyridine rings is 1. The monoisotopic (exact) mass is 364 g/mol. The Morgan fingerprint density at radius 1 is 1.20 bits per heavy atom. The Bertz CT molecular complexity index is 792. The molecule has 0 aliphatic carbocycles. The molecule has 0 amide bonds. The van der Waals surface area contributed by atoms with E-state index < -0.39 is 16.0 Å². The fourth-order valence-electron chi connectivity index (χ4n) is 2.17. The van der Waals surface area contributed by atoms with Gasteiger partial charge in [0.2, 0.25) is 10.0 Å². The lowest BCUT2D eigenvalue weighted by atomic mass is 10.3. The van der Waals surface area contributed by atoms with E-state index in [-0.39, 0.29) is 24.6 Å². The molecule has 8 heteroatoms. The fraction of sp³-hybridized carbons (Fsp3) is 0.294. The van der Waals surface area contributed by atoms with Crippen molar-refractivity contribution in [2.24, 2.45) is 0 Å². The second kappa shape index (κ2) is 8.59. The van der Waals surface area contributed by atoms with Crippen LogP contribution in [-0.2, 0) is 26.1 Å². The number of nitrogens with zero attached hydrogens (tertiary/aromatic N) is 2. The number of aromatic nitrogens is 1. The summed E-state index contributed by atoms with van der Waals surface area (Å²) in [5.74, 6) is -0.0633. The highest BCUT2D eigenvalue weighted by Gasteiger charge is 2.27. The van der Waals surface area contributed by atoms with Gasteiger partial charge in [0.25, 0.3) is 0 Å². The molecule has 0 saturated carbocycles. The van der Waals surface area contributed by atoms with Crippen LogP contribution in [0.1, 0.15) is 12.5 Å². The number of esters is 1. The Hall–Kier alpha value is -2.45. The van der Waals surface area contributed by atoms with Gasteiger partial charge in [0.05, 0.1) is 18.6 Å². The van der Waals surface area contributed by atoms with Gasteiger partial charge in [0.1, 0.15) is 12.3 Å². The lowest BCUT2D eigenvalue weighted by Gasteiger charge is -2.21. The third-order valence-corrected chi connectivity index (χ3v) is 5.20. The maximum absolute atomic E-state index is 12.9. The van der Waals surface area contributed by atoms with Crippen LogP contribution in [0, 0.1) is 0 Å². The molecule has 0 aliphatic heterocycles. The SMILES string of the molecule is CCOC(=O)CN(Cc1cccnc1)S(=O)(=O)c1ccc(OC)cc1. The van der Waals surface area contributed by atoms with Crippen molar-refractivity contribution in [3.8, 4) is 5.75 Å². The zero-order valence-electron chi connectivity index (χ0n) is 14.1. The summed E-state index contributed by atoms with van der Waals surface area (Å²) in [7, 11) is -2.39. The number of methoxy groups -OCH3 is 1.